The van der Waals surface area contributed by atoms with E-state index in [-0.39, 0.29) is 12.7 Å². The van der Waals surface area contributed by atoms with Crippen molar-refractivity contribution in [3.63, 3.8) is 0 Å². The van der Waals surface area contributed by atoms with Gasteiger partial charge in [0.2, 0.25) is 0 Å². The summed E-state index contributed by atoms with van der Waals surface area (Å²) in [7, 11) is 0. The highest BCUT2D eigenvalue weighted by atomic mass is 79.9. The van der Waals surface area contributed by atoms with Crippen molar-refractivity contribution >= 4 is 15.9 Å². The third-order valence-electron chi connectivity index (χ3n) is 5.36. The molecular formula is C20H33BrO7. The van der Waals surface area contributed by atoms with Gasteiger partial charge in [0.1, 0.15) is 30.5 Å². The van der Waals surface area contributed by atoms with E-state index in [2.05, 4.69) is 22.5 Å². The molecule has 0 spiro atoms. The highest BCUT2D eigenvalue weighted by Crippen LogP contribution is 2.34. The van der Waals surface area contributed by atoms with Crippen molar-refractivity contribution in [3.05, 3.63) is 23.2 Å². The second-order valence-corrected chi connectivity index (χ2v) is 8.76. The lowest BCUT2D eigenvalue weighted by molar-refractivity contribution is -0.274. The Bertz CT molecular complexity index is 513. The number of ether oxygens (including phenoxy) is 2. The van der Waals surface area contributed by atoms with E-state index in [0.29, 0.717) is 25.7 Å². The fraction of sp³-hybridized carbons (Fsp3) is 0.800. The Morgan fingerprint density at radius 3 is 2.54 bits per heavy atom. The largest absolute Gasteiger partial charge is 0.396 e. The molecule has 2 unspecified atom stereocenters. The van der Waals surface area contributed by atoms with Gasteiger partial charge in [-0.15, -0.1) is 0 Å². The first-order valence-corrected chi connectivity index (χ1v) is 10.8. The summed E-state index contributed by atoms with van der Waals surface area (Å²) in [6.45, 7) is 3.77. The van der Waals surface area contributed by atoms with Crippen LogP contribution >= 0.6 is 15.9 Å². The van der Waals surface area contributed by atoms with Crippen LogP contribution in [0.1, 0.15) is 44.9 Å². The third-order valence-corrected chi connectivity index (χ3v) is 5.76. The van der Waals surface area contributed by atoms with Gasteiger partial charge in [0.25, 0.3) is 0 Å². The lowest BCUT2D eigenvalue weighted by Gasteiger charge is -2.47. The summed E-state index contributed by atoms with van der Waals surface area (Å²) < 4.78 is 12.5. The molecule has 2 saturated heterocycles. The zero-order chi connectivity index (χ0) is 20.7. The van der Waals surface area contributed by atoms with Crippen LogP contribution in [-0.4, -0.2) is 81.0 Å². The van der Waals surface area contributed by atoms with E-state index in [1.165, 1.54) is 12.2 Å². The SMILES string of the molecule is C=C(Br)CCCCC(O)/C=C/[C@H](O)C1O[C@H]2CC[C@H](CCO)O[C@@H]2[C@H](O)[C@@H]1O. The van der Waals surface area contributed by atoms with Crippen molar-refractivity contribution in [1.82, 2.24) is 0 Å². The predicted octanol–water partition coefficient (Wildman–Crippen LogP) is 1.15. The molecule has 2 heterocycles. The molecule has 162 valence electrons. The predicted molar refractivity (Wildman–Crippen MR) is 108 cm³/mol. The molecule has 0 saturated carbocycles. The van der Waals surface area contributed by atoms with E-state index < -0.39 is 42.7 Å². The Hall–Kier alpha value is -0.320. The third kappa shape index (κ3) is 6.88. The van der Waals surface area contributed by atoms with Crippen LogP contribution in [0.25, 0.3) is 0 Å². The van der Waals surface area contributed by atoms with Gasteiger partial charge in [-0.3, -0.25) is 0 Å². The number of unbranched alkanes of at least 4 members (excludes halogenated alkanes) is 1. The van der Waals surface area contributed by atoms with Gasteiger partial charge in [-0.25, -0.2) is 0 Å². The van der Waals surface area contributed by atoms with Crippen molar-refractivity contribution in [2.24, 2.45) is 0 Å². The van der Waals surface area contributed by atoms with Crippen LogP contribution in [0.4, 0.5) is 0 Å². The molecule has 2 fully saturated rings. The van der Waals surface area contributed by atoms with Gasteiger partial charge in [0.15, 0.2) is 0 Å². The molecule has 0 bridgehead atoms. The van der Waals surface area contributed by atoms with Crippen molar-refractivity contribution in [2.75, 3.05) is 6.61 Å². The van der Waals surface area contributed by atoms with Gasteiger partial charge in [0.05, 0.1) is 18.3 Å². The number of hydrogen-bond acceptors (Lipinski definition) is 7. The van der Waals surface area contributed by atoms with Gasteiger partial charge in [-0.05, 0) is 43.0 Å². The normalized spacial score (nSPS) is 35.5. The van der Waals surface area contributed by atoms with Crippen LogP contribution in [0.5, 0.6) is 0 Å². The van der Waals surface area contributed by atoms with Gasteiger partial charge in [-0.2, -0.15) is 0 Å². The molecule has 8 atom stereocenters. The second-order valence-electron chi connectivity index (χ2n) is 7.64. The average Bonchev–Trinajstić information content (AvgIpc) is 2.66. The lowest BCUT2D eigenvalue weighted by atomic mass is 9.87. The quantitative estimate of drug-likeness (QED) is 0.243. The Morgan fingerprint density at radius 1 is 1.11 bits per heavy atom. The molecule has 28 heavy (non-hydrogen) atoms. The summed E-state index contributed by atoms with van der Waals surface area (Å²) in [5, 5.41) is 50.3. The summed E-state index contributed by atoms with van der Waals surface area (Å²) in [5.74, 6) is 0. The standard InChI is InChI=1S/C20H33BrO7/c1-12(21)4-2-3-5-13(23)6-8-15(24)19-17(25)18(26)20-16(28-19)9-7-14(27-20)10-11-22/h6,8,13-20,22-26H,1-5,7,9-11H2/b8-6+/t13?,14-,15+,16+,17+,18-,19?,20+/m1/s1. The van der Waals surface area contributed by atoms with E-state index in [4.69, 9.17) is 14.6 Å². The van der Waals surface area contributed by atoms with Crippen LogP contribution in [0, 0.1) is 0 Å². The lowest BCUT2D eigenvalue weighted by Crippen LogP contribution is -2.63. The van der Waals surface area contributed by atoms with E-state index >= 15 is 0 Å². The molecule has 5 N–H and O–H groups in total. The number of rotatable bonds is 10. The maximum absolute atomic E-state index is 10.4. The Labute approximate surface area is 174 Å². The van der Waals surface area contributed by atoms with E-state index in [0.717, 1.165) is 23.7 Å². The molecule has 2 aliphatic heterocycles. The summed E-state index contributed by atoms with van der Waals surface area (Å²) in [5.41, 5.74) is 0. The van der Waals surface area contributed by atoms with Crippen LogP contribution in [0.2, 0.25) is 0 Å². The first-order chi connectivity index (χ1) is 13.3. The Balaban J connectivity index is 1.85. The highest BCUT2D eigenvalue weighted by Gasteiger charge is 2.49. The van der Waals surface area contributed by atoms with Crippen LogP contribution in [0.3, 0.4) is 0 Å². The summed E-state index contributed by atoms with van der Waals surface area (Å²) >= 11 is 3.30. The van der Waals surface area contributed by atoms with Crippen molar-refractivity contribution in [2.45, 2.75) is 93.8 Å². The molecule has 0 aromatic rings. The first-order valence-electron chi connectivity index (χ1n) is 9.99. The summed E-state index contributed by atoms with van der Waals surface area (Å²) in [6.07, 6.45) is 1.21. The molecule has 2 rings (SSSR count). The van der Waals surface area contributed by atoms with Gasteiger partial charge in [0, 0.05) is 6.61 Å². The first kappa shape index (κ1) is 24.0. The highest BCUT2D eigenvalue weighted by molar-refractivity contribution is 9.11. The van der Waals surface area contributed by atoms with Crippen LogP contribution < -0.4 is 0 Å². The second kappa shape index (κ2) is 11.8. The van der Waals surface area contributed by atoms with Crippen molar-refractivity contribution in [3.8, 4) is 0 Å². The maximum atomic E-state index is 10.4. The number of aliphatic hydroxyl groups is 5. The molecule has 8 heteroatoms. The molecule has 2 aliphatic rings. The molecular weight excluding hydrogens is 432 g/mol. The minimum absolute atomic E-state index is 0.000876. The number of hydrogen-bond donors (Lipinski definition) is 5. The van der Waals surface area contributed by atoms with Crippen LogP contribution in [0.15, 0.2) is 23.2 Å². The van der Waals surface area contributed by atoms with Gasteiger partial charge in [-0.1, -0.05) is 41.1 Å². The number of allylic oxidation sites excluding steroid dienone is 1. The molecule has 7 nitrogen and oxygen atoms in total. The van der Waals surface area contributed by atoms with Gasteiger partial charge < -0.3 is 35.0 Å². The molecule has 0 aromatic carbocycles. The topological polar surface area (TPSA) is 120 Å². The fourth-order valence-electron chi connectivity index (χ4n) is 3.77. The molecule has 0 aromatic heterocycles. The Kier molecular flexibility index (Phi) is 10.1. The van der Waals surface area contributed by atoms with Crippen molar-refractivity contribution < 1.29 is 35.0 Å². The number of fused-ring (bicyclic) bond motifs is 1. The number of halogens is 1. The summed E-state index contributed by atoms with van der Waals surface area (Å²) in [4.78, 5) is 0. The van der Waals surface area contributed by atoms with E-state index in [9.17, 15) is 20.4 Å². The van der Waals surface area contributed by atoms with E-state index in [1.54, 1.807) is 0 Å². The minimum atomic E-state index is -1.31. The smallest absolute Gasteiger partial charge is 0.116 e. The van der Waals surface area contributed by atoms with E-state index in [1.807, 2.05) is 0 Å². The fourth-order valence-corrected chi connectivity index (χ4v) is 4.05. The Morgan fingerprint density at radius 2 is 1.86 bits per heavy atom. The zero-order valence-electron chi connectivity index (χ0n) is 16.1. The molecule has 0 amide bonds. The molecule has 0 aliphatic carbocycles. The minimum Gasteiger partial charge on any atom is -0.396 e. The van der Waals surface area contributed by atoms with Crippen molar-refractivity contribution in [1.29, 1.82) is 0 Å². The van der Waals surface area contributed by atoms with Gasteiger partial charge >= 0.3 is 0 Å². The summed E-state index contributed by atoms with van der Waals surface area (Å²) in [6, 6.07) is 0. The van der Waals surface area contributed by atoms with Crippen LogP contribution in [-0.2, 0) is 9.47 Å². The average molecular weight is 465 g/mol. The molecule has 0 radical (unpaired) electrons. The maximum Gasteiger partial charge on any atom is 0.116 e. The zero-order valence-corrected chi connectivity index (χ0v) is 17.7. The number of aliphatic hydroxyl groups excluding tert-OH is 5. The monoisotopic (exact) mass is 464 g/mol.